The Balaban J connectivity index is 1.99. The van der Waals surface area contributed by atoms with Gasteiger partial charge in [0, 0.05) is 24.7 Å². The predicted octanol–water partition coefficient (Wildman–Crippen LogP) is 2.02. The van der Waals surface area contributed by atoms with Gasteiger partial charge < -0.3 is 10.1 Å². The fraction of sp³-hybridized carbons (Fsp3) is 1.00. The summed E-state index contributed by atoms with van der Waals surface area (Å²) in [7, 11) is 2.09. The van der Waals surface area contributed by atoms with Gasteiger partial charge in [0.2, 0.25) is 0 Å². The highest BCUT2D eigenvalue weighted by molar-refractivity contribution is 4.90. The Morgan fingerprint density at radius 1 is 1.18 bits per heavy atom. The van der Waals surface area contributed by atoms with E-state index in [1.807, 2.05) is 0 Å². The van der Waals surface area contributed by atoms with Gasteiger partial charge in [-0.25, -0.2) is 0 Å². The van der Waals surface area contributed by atoms with Crippen LogP contribution in [0.2, 0.25) is 0 Å². The first-order valence-corrected chi connectivity index (χ1v) is 7.37. The molecule has 2 aliphatic rings. The van der Waals surface area contributed by atoms with Crippen molar-refractivity contribution in [2.45, 2.75) is 63.6 Å². The number of nitrogens with zero attached hydrogens (tertiary/aromatic N) is 1. The van der Waals surface area contributed by atoms with E-state index in [1.165, 1.54) is 32.1 Å². The Kier molecular flexibility index (Phi) is 5.26. The molecule has 2 rings (SSSR count). The molecule has 0 aromatic carbocycles. The third-order valence-corrected chi connectivity index (χ3v) is 4.53. The van der Waals surface area contributed by atoms with Crippen LogP contribution in [0, 0.1) is 0 Å². The zero-order valence-electron chi connectivity index (χ0n) is 11.5. The van der Waals surface area contributed by atoms with Crippen molar-refractivity contribution in [3.8, 4) is 0 Å². The maximum absolute atomic E-state index is 5.71. The van der Waals surface area contributed by atoms with E-state index >= 15 is 0 Å². The SMILES string of the molecule is CCN(C1CCCCC1)C1COCCC1NC. The molecule has 1 N–H and O–H groups in total. The molecule has 0 spiro atoms. The minimum absolute atomic E-state index is 0.585. The Morgan fingerprint density at radius 2 is 1.94 bits per heavy atom. The summed E-state index contributed by atoms with van der Waals surface area (Å²) in [5.41, 5.74) is 0. The van der Waals surface area contributed by atoms with Crippen LogP contribution in [0.15, 0.2) is 0 Å². The van der Waals surface area contributed by atoms with Crippen molar-refractivity contribution in [3.05, 3.63) is 0 Å². The molecule has 100 valence electrons. The zero-order chi connectivity index (χ0) is 12.1. The van der Waals surface area contributed by atoms with Gasteiger partial charge in [-0.05, 0) is 32.9 Å². The van der Waals surface area contributed by atoms with E-state index in [4.69, 9.17) is 4.74 Å². The van der Waals surface area contributed by atoms with Crippen molar-refractivity contribution in [3.63, 3.8) is 0 Å². The van der Waals surface area contributed by atoms with E-state index in [0.29, 0.717) is 12.1 Å². The van der Waals surface area contributed by atoms with E-state index in [2.05, 4.69) is 24.2 Å². The first kappa shape index (κ1) is 13.3. The standard InChI is InChI=1S/C14H28N2O/c1-3-16(12-7-5-4-6-8-12)14-11-17-10-9-13(14)15-2/h12-15H,3-11H2,1-2H3. The van der Waals surface area contributed by atoms with Crippen molar-refractivity contribution in [1.82, 2.24) is 10.2 Å². The monoisotopic (exact) mass is 240 g/mol. The van der Waals surface area contributed by atoms with Crippen molar-refractivity contribution in [1.29, 1.82) is 0 Å². The maximum atomic E-state index is 5.71. The lowest BCUT2D eigenvalue weighted by Gasteiger charge is -2.44. The van der Waals surface area contributed by atoms with Gasteiger partial charge in [0.25, 0.3) is 0 Å². The summed E-state index contributed by atoms with van der Waals surface area (Å²) in [6.45, 7) is 5.30. The summed E-state index contributed by atoms with van der Waals surface area (Å²) in [6, 6.07) is 2.00. The molecule has 1 saturated heterocycles. The summed E-state index contributed by atoms with van der Waals surface area (Å²) in [5, 5.41) is 3.49. The Hall–Kier alpha value is -0.120. The lowest BCUT2D eigenvalue weighted by molar-refractivity contribution is -0.0221. The first-order valence-electron chi connectivity index (χ1n) is 7.37. The number of hydrogen-bond acceptors (Lipinski definition) is 3. The molecule has 1 saturated carbocycles. The lowest BCUT2D eigenvalue weighted by atomic mass is 9.91. The molecule has 2 unspecified atom stereocenters. The summed E-state index contributed by atoms with van der Waals surface area (Å²) in [6.07, 6.45) is 8.20. The second-order valence-electron chi connectivity index (χ2n) is 5.45. The summed E-state index contributed by atoms with van der Waals surface area (Å²) in [4.78, 5) is 2.71. The smallest absolute Gasteiger partial charge is 0.0637 e. The quantitative estimate of drug-likeness (QED) is 0.813. The fourth-order valence-electron chi connectivity index (χ4n) is 3.56. The third kappa shape index (κ3) is 3.21. The number of rotatable bonds is 4. The lowest BCUT2D eigenvalue weighted by Crippen LogP contribution is -2.57. The van der Waals surface area contributed by atoms with Crippen LogP contribution >= 0.6 is 0 Å². The van der Waals surface area contributed by atoms with Gasteiger partial charge in [-0.1, -0.05) is 26.2 Å². The number of likely N-dealkylation sites (N-methyl/N-ethyl adjacent to an activating group) is 2. The van der Waals surface area contributed by atoms with E-state index in [0.717, 1.165) is 32.2 Å². The second-order valence-corrected chi connectivity index (χ2v) is 5.45. The molecule has 1 aliphatic heterocycles. The summed E-state index contributed by atoms with van der Waals surface area (Å²) < 4.78 is 5.71. The molecule has 1 heterocycles. The highest BCUT2D eigenvalue weighted by Crippen LogP contribution is 2.26. The molecule has 3 heteroatoms. The fourth-order valence-corrected chi connectivity index (χ4v) is 3.56. The average molecular weight is 240 g/mol. The Bertz CT molecular complexity index is 216. The predicted molar refractivity (Wildman–Crippen MR) is 71.3 cm³/mol. The van der Waals surface area contributed by atoms with E-state index in [-0.39, 0.29) is 0 Å². The molecular formula is C14H28N2O. The maximum Gasteiger partial charge on any atom is 0.0637 e. The Labute approximate surface area is 106 Å². The molecule has 2 fully saturated rings. The minimum atomic E-state index is 0.585. The van der Waals surface area contributed by atoms with Crippen molar-refractivity contribution in [2.75, 3.05) is 26.8 Å². The number of hydrogen-bond donors (Lipinski definition) is 1. The number of ether oxygens (including phenoxy) is 1. The molecule has 0 radical (unpaired) electrons. The van der Waals surface area contributed by atoms with Gasteiger partial charge in [-0.15, -0.1) is 0 Å². The Morgan fingerprint density at radius 3 is 2.59 bits per heavy atom. The van der Waals surface area contributed by atoms with Crippen molar-refractivity contribution < 1.29 is 4.74 Å². The first-order chi connectivity index (χ1) is 8.36. The van der Waals surface area contributed by atoms with Crippen LogP contribution in [0.4, 0.5) is 0 Å². The van der Waals surface area contributed by atoms with Gasteiger partial charge in [-0.2, -0.15) is 0 Å². The average Bonchev–Trinajstić information content (AvgIpc) is 2.41. The van der Waals surface area contributed by atoms with E-state index in [1.54, 1.807) is 0 Å². The largest absolute Gasteiger partial charge is 0.380 e. The van der Waals surface area contributed by atoms with Gasteiger partial charge in [0.1, 0.15) is 0 Å². The number of nitrogens with one attached hydrogen (secondary N) is 1. The van der Waals surface area contributed by atoms with Crippen molar-refractivity contribution in [2.24, 2.45) is 0 Å². The molecule has 1 aliphatic carbocycles. The molecule has 3 nitrogen and oxygen atoms in total. The van der Waals surface area contributed by atoms with Crippen LogP contribution in [0.25, 0.3) is 0 Å². The van der Waals surface area contributed by atoms with Gasteiger partial charge in [-0.3, -0.25) is 4.90 Å². The highest BCUT2D eigenvalue weighted by atomic mass is 16.5. The van der Waals surface area contributed by atoms with Gasteiger partial charge in [0.05, 0.1) is 6.61 Å². The second kappa shape index (κ2) is 6.72. The van der Waals surface area contributed by atoms with Crippen LogP contribution in [0.3, 0.4) is 0 Å². The zero-order valence-corrected chi connectivity index (χ0v) is 11.5. The normalized spacial score (nSPS) is 31.9. The highest BCUT2D eigenvalue weighted by Gasteiger charge is 2.33. The molecule has 0 aromatic rings. The molecule has 2 atom stereocenters. The van der Waals surface area contributed by atoms with Crippen LogP contribution in [0.5, 0.6) is 0 Å². The van der Waals surface area contributed by atoms with E-state index in [9.17, 15) is 0 Å². The van der Waals surface area contributed by atoms with Crippen LogP contribution in [0.1, 0.15) is 45.4 Å². The van der Waals surface area contributed by atoms with Crippen LogP contribution < -0.4 is 5.32 Å². The van der Waals surface area contributed by atoms with Crippen LogP contribution in [-0.4, -0.2) is 49.8 Å². The third-order valence-electron chi connectivity index (χ3n) is 4.53. The summed E-state index contributed by atoms with van der Waals surface area (Å²) in [5.74, 6) is 0. The molecule has 0 bridgehead atoms. The van der Waals surface area contributed by atoms with E-state index < -0.39 is 0 Å². The molecule has 0 aromatic heterocycles. The topological polar surface area (TPSA) is 24.5 Å². The minimum Gasteiger partial charge on any atom is -0.380 e. The van der Waals surface area contributed by atoms with Gasteiger partial charge in [0.15, 0.2) is 0 Å². The van der Waals surface area contributed by atoms with Crippen LogP contribution in [-0.2, 0) is 4.74 Å². The molecular weight excluding hydrogens is 212 g/mol. The molecule has 17 heavy (non-hydrogen) atoms. The van der Waals surface area contributed by atoms with Gasteiger partial charge >= 0.3 is 0 Å². The summed E-state index contributed by atoms with van der Waals surface area (Å²) >= 11 is 0. The molecule has 0 amide bonds. The van der Waals surface area contributed by atoms with Crippen molar-refractivity contribution >= 4 is 0 Å².